The number of carbonyl (C=O) groups excluding carboxylic acids is 2. The van der Waals surface area contributed by atoms with Gasteiger partial charge >= 0.3 is 6.09 Å². The molecule has 0 saturated heterocycles. The van der Waals surface area contributed by atoms with Crippen molar-refractivity contribution < 1.29 is 14.3 Å². The third-order valence-corrected chi connectivity index (χ3v) is 7.71. The van der Waals surface area contributed by atoms with E-state index in [9.17, 15) is 9.59 Å². The molecule has 0 fully saturated rings. The first-order valence-electron chi connectivity index (χ1n) is 14.9. The van der Waals surface area contributed by atoms with Gasteiger partial charge < -0.3 is 10.1 Å². The fraction of sp³-hybridized carbons (Fsp3) is 0.265. The van der Waals surface area contributed by atoms with Crippen LogP contribution >= 0.6 is 0 Å². The second kappa shape index (κ2) is 11.7. The summed E-state index contributed by atoms with van der Waals surface area (Å²) in [6, 6.07) is 16.7. The summed E-state index contributed by atoms with van der Waals surface area (Å²) in [6.07, 6.45) is 4.77. The maximum absolute atomic E-state index is 13.4. The molecule has 0 bridgehead atoms. The fourth-order valence-electron chi connectivity index (χ4n) is 5.15. The van der Waals surface area contributed by atoms with Gasteiger partial charge in [0.15, 0.2) is 5.82 Å². The number of carbonyl (C=O) groups is 2. The first-order valence-corrected chi connectivity index (χ1v) is 14.9. The zero-order valence-corrected chi connectivity index (χ0v) is 26.8. The van der Waals surface area contributed by atoms with E-state index in [4.69, 9.17) is 9.72 Å². The summed E-state index contributed by atoms with van der Waals surface area (Å²) in [4.78, 5) is 41.0. The molecule has 6 rings (SSSR count). The van der Waals surface area contributed by atoms with E-state index >= 15 is 0 Å². The van der Waals surface area contributed by atoms with Crippen LogP contribution in [0.5, 0.6) is 0 Å². The first-order chi connectivity index (χ1) is 21.9. The number of likely N-dealkylation sites (N-methyl/N-ethyl adjacent to an activating group) is 1. The number of pyridine rings is 3. The molecular formula is C34H35N9O3. The number of ether oxygens (including phenoxy) is 1. The standard InChI is InChI=1S/C34H35N9O3/c1-20-9-8-10-30-36-18-28(43(20)30)25-16-29(38-32(44)22(3)41(7)33(45)46-34(4,5)6)37-31(17-25)42-19-27(39-40-42)24-11-12-26-21(2)35-14-13-23(26)15-24/h8-19,22H,1-7H3,(H,37,38,44)/t22-/m0/s1. The Hall–Kier alpha value is -5.65. The maximum atomic E-state index is 13.4. The summed E-state index contributed by atoms with van der Waals surface area (Å²) in [5.74, 6) is 0.277. The van der Waals surface area contributed by atoms with Gasteiger partial charge in [0, 0.05) is 41.1 Å². The molecule has 0 aliphatic carbocycles. The minimum absolute atomic E-state index is 0.274. The molecule has 12 heteroatoms. The lowest BCUT2D eigenvalue weighted by Crippen LogP contribution is -2.45. The zero-order chi connectivity index (χ0) is 32.7. The van der Waals surface area contributed by atoms with Crippen LogP contribution < -0.4 is 5.32 Å². The summed E-state index contributed by atoms with van der Waals surface area (Å²) >= 11 is 0. The van der Waals surface area contributed by atoms with Gasteiger partial charge in [-0.15, -0.1) is 5.10 Å². The van der Waals surface area contributed by atoms with Crippen LogP contribution in [0.2, 0.25) is 0 Å². The van der Waals surface area contributed by atoms with Gasteiger partial charge in [0.1, 0.15) is 28.8 Å². The second-order valence-electron chi connectivity index (χ2n) is 12.2. The number of nitrogens with zero attached hydrogens (tertiary/aromatic N) is 8. The highest BCUT2D eigenvalue weighted by Crippen LogP contribution is 2.28. The Morgan fingerprint density at radius 2 is 1.80 bits per heavy atom. The maximum Gasteiger partial charge on any atom is 0.410 e. The van der Waals surface area contributed by atoms with Crippen LogP contribution in [0.1, 0.15) is 39.1 Å². The highest BCUT2D eigenvalue weighted by Gasteiger charge is 2.27. The Balaban J connectivity index is 1.38. The van der Waals surface area contributed by atoms with Crippen molar-refractivity contribution in [1.29, 1.82) is 0 Å². The summed E-state index contributed by atoms with van der Waals surface area (Å²) < 4.78 is 9.05. The van der Waals surface area contributed by atoms with E-state index in [0.29, 0.717) is 11.5 Å². The van der Waals surface area contributed by atoms with Gasteiger partial charge in [-0.1, -0.05) is 23.4 Å². The lowest BCUT2D eigenvalue weighted by Gasteiger charge is -2.28. The van der Waals surface area contributed by atoms with Gasteiger partial charge in [0.2, 0.25) is 5.91 Å². The average Bonchev–Trinajstić information content (AvgIpc) is 3.68. The van der Waals surface area contributed by atoms with Crippen molar-refractivity contribution in [2.45, 2.75) is 53.2 Å². The summed E-state index contributed by atoms with van der Waals surface area (Å²) in [7, 11) is 1.52. The molecule has 6 aromatic rings. The van der Waals surface area contributed by atoms with Gasteiger partial charge in [-0.2, -0.15) is 0 Å². The molecule has 5 heterocycles. The van der Waals surface area contributed by atoms with Crippen LogP contribution in [0.3, 0.4) is 0 Å². The van der Waals surface area contributed by atoms with Crippen molar-refractivity contribution >= 4 is 34.2 Å². The fourth-order valence-corrected chi connectivity index (χ4v) is 5.15. The number of rotatable bonds is 6. The molecule has 0 unspecified atom stereocenters. The van der Waals surface area contributed by atoms with Crippen molar-refractivity contribution in [3.05, 3.63) is 84.6 Å². The van der Waals surface area contributed by atoms with Crippen LogP contribution in [-0.4, -0.2) is 69.9 Å². The minimum atomic E-state index is -0.841. The molecule has 0 saturated carbocycles. The number of imidazole rings is 1. The van der Waals surface area contributed by atoms with Crippen molar-refractivity contribution in [2.24, 2.45) is 0 Å². The van der Waals surface area contributed by atoms with Crippen LogP contribution in [0, 0.1) is 13.8 Å². The number of fused-ring (bicyclic) bond motifs is 2. The Morgan fingerprint density at radius 3 is 2.59 bits per heavy atom. The first kappa shape index (κ1) is 30.4. The molecule has 1 N–H and O–H groups in total. The number of benzene rings is 1. The normalized spacial score (nSPS) is 12.3. The van der Waals surface area contributed by atoms with E-state index < -0.39 is 23.6 Å². The van der Waals surface area contributed by atoms with Crippen molar-refractivity contribution in [3.63, 3.8) is 0 Å². The molecule has 12 nitrogen and oxygen atoms in total. The highest BCUT2D eigenvalue weighted by molar-refractivity contribution is 5.96. The lowest BCUT2D eigenvalue weighted by molar-refractivity contribution is -0.120. The average molecular weight is 618 g/mol. The monoisotopic (exact) mass is 617 g/mol. The van der Waals surface area contributed by atoms with E-state index in [2.05, 4.69) is 31.7 Å². The van der Waals surface area contributed by atoms with E-state index in [-0.39, 0.29) is 5.82 Å². The van der Waals surface area contributed by atoms with Crippen LogP contribution in [-0.2, 0) is 9.53 Å². The third-order valence-electron chi connectivity index (χ3n) is 7.71. The van der Waals surface area contributed by atoms with Gasteiger partial charge in [-0.3, -0.25) is 19.1 Å². The van der Waals surface area contributed by atoms with E-state index in [1.807, 2.05) is 60.7 Å². The van der Waals surface area contributed by atoms with Gasteiger partial charge in [-0.25, -0.2) is 19.4 Å². The molecule has 2 amide bonds. The molecule has 1 aromatic carbocycles. The predicted octanol–water partition coefficient (Wildman–Crippen LogP) is 6.00. The number of nitrogens with one attached hydrogen (secondary N) is 1. The van der Waals surface area contributed by atoms with Gasteiger partial charge in [0.25, 0.3) is 0 Å². The molecule has 1 atom stereocenters. The Bertz CT molecular complexity index is 2110. The molecule has 0 aliphatic rings. The molecule has 46 heavy (non-hydrogen) atoms. The molecule has 0 radical (unpaired) electrons. The SMILES string of the molecule is Cc1nccc2cc(-c3cn(-c4cc(-c5cnc6cccc(C)n56)cc(NC(=O)[C@H](C)N(C)C(=O)OC(C)(C)C)n4)nn3)ccc12. The smallest absolute Gasteiger partial charge is 0.410 e. The topological polar surface area (TPSA) is 132 Å². The highest BCUT2D eigenvalue weighted by atomic mass is 16.6. The van der Waals surface area contributed by atoms with Crippen LogP contribution in [0.15, 0.2) is 73.2 Å². The zero-order valence-electron chi connectivity index (χ0n) is 26.8. The summed E-state index contributed by atoms with van der Waals surface area (Å²) in [6.45, 7) is 10.9. The van der Waals surface area contributed by atoms with E-state index in [1.165, 1.54) is 11.9 Å². The summed E-state index contributed by atoms with van der Waals surface area (Å²) in [5, 5.41) is 13.8. The van der Waals surface area contributed by atoms with Gasteiger partial charge in [0.05, 0.1) is 18.1 Å². The molecule has 0 spiro atoms. The number of aryl methyl sites for hydroxylation is 2. The Morgan fingerprint density at radius 1 is 1.00 bits per heavy atom. The Kier molecular flexibility index (Phi) is 7.72. The second-order valence-corrected chi connectivity index (χ2v) is 12.2. The quantitative estimate of drug-likeness (QED) is 0.241. The number of aromatic nitrogens is 7. The molecule has 234 valence electrons. The van der Waals surface area contributed by atoms with Crippen molar-refractivity contribution in [2.75, 3.05) is 12.4 Å². The molecule has 0 aliphatic heterocycles. The number of hydrogen-bond acceptors (Lipinski definition) is 8. The molecule has 5 aromatic heterocycles. The minimum Gasteiger partial charge on any atom is -0.444 e. The van der Waals surface area contributed by atoms with E-state index in [1.54, 1.807) is 57.0 Å². The largest absolute Gasteiger partial charge is 0.444 e. The summed E-state index contributed by atoms with van der Waals surface area (Å²) in [5.41, 5.74) is 5.15. The third kappa shape index (κ3) is 6.01. The van der Waals surface area contributed by atoms with E-state index in [0.717, 1.165) is 44.6 Å². The predicted molar refractivity (Wildman–Crippen MR) is 176 cm³/mol. The Labute approximate surface area is 266 Å². The van der Waals surface area contributed by atoms with Crippen LogP contribution in [0.4, 0.5) is 10.6 Å². The number of hydrogen-bond donors (Lipinski definition) is 1. The number of anilines is 1. The lowest BCUT2D eigenvalue weighted by atomic mass is 10.1. The number of amides is 2. The van der Waals surface area contributed by atoms with Crippen molar-refractivity contribution in [1.82, 2.24) is 39.2 Å². The van der Waals surface area contributed by atoms with Crippen LogP contribution in [0.25, 0.3) is 44.8 Å². The van der Waals surface area contributed by atoms with Crippen molar-refractivity contribution in [3.8, 4) is 28.3 Å². The van der Waals surface area contributed by atoms with Gasteiger partial charge in [-0.05, 0) is 83.3 Å². The molecular weight excluding hydrogens is 582 g/mol.